The summed E-state index contributed by atoms with van der Waals surface area (Å²) in [5, 5.41) is 13.7. The first-order valence-corrected chi connectivity index (χ1v) is 20.9. The molecule has 3 aromatic carbocycles. The van der Waals surface area contributed by atoms with E-state index in [1.165, 1.54) is 27.4 Å². The predicted octanol–water partition coefficient (Wildman–Crippen LogP) is 7.87. The van der Waals surface area contributed by atoms with Crippen molar-refractivity contribution in [3.8, 4) is 5.75 Å². The fourth-order valence-corrected chi connectivity index (χ4v) is 13.9. The summed E-state index contributed by atoms with van der Waals surface area (Å²) < 4.78 is 28.1. The number of hydrogen-bond acceptors (Lipinski definition) is 6. The zero-order valence-corrected chi connectivity index (χ0v) is 32.0. The molecule has 52 heavy (non-hydrogen) atoms. The van der Waals surface area contributed by atoms with Crippen LogP contribution in [0.2, 0.25) is 5.04 Å². The van der Waals surface area contributed by atoms with E-state index < -0.39 is 26.0 Å². The SMILES string of the molecule is C/C(=C\c1ccc(O)c(F)c1)CC[C@H]1OC[C@H]2C1=C(CO[Si](c1ccccc1)(c1ccccc1)C(C)(C)C)C[C@H]1C(=O)N(Cc3cccs3)C(=O)[C@H]12. The van der Waals surface area contributed by atoms with Gasteiger partial charge >= 0.3 is 0 Å². The number of ether oxygens (including phenoxy) is 1. The van der Waals surface area contributed by atoms with Gasteiger partial charge in [0.15, 0.2) is 11.6 Å². The van der Waals surface area contributed by atoms with E-state index >= 15 is 0 Å². The van der Waals surface area contributed by atoms with Crippen LogP contribution in [0.5, 0.6) is 5.75 Å². The number of nitrogens with zero attached hydrogens (tertiary/aromatic N) is 1. The van der Waals surface area contributed by atoms with Crippen LogP contribution in [0.3, 0.4) is 0 Å². The van der Waals surface area contributed by atoms with Gasteiger partial charge in [-0.2, -0.15) is 0 Å². The largest absolute Gasteiger partial charge is 0.505 e. The lowest BCUT2D eigenvalue weighted by Crippen LogP contribution is -2.66. The molecule has 1 aromatic heterocycles. The highest BCUT2D eigenvalue weighted by molar-refractivity contribution is 7.09. The highest BCUT2D eigenvalue weighted by Gasteiger charge is 2.58. The van der Waals surface area contributed by atoms with Crippen molar-refractivity contribution in [2.75, 3.05) is 13.2 Å². The highest BCUT2D eigenvalue weighted by Crippen LogP contribution is 2.51. The summed E-state index contributed by atoms with van der Waals surface area (Å²) in [6.45, 7) is 9.80. The fraction of sp³-hybridized carbons (Fsp3) is 0.349. The molecule has 2 fully saturated rings. The lowest BCUT2D eigenvalue weighted by Gasteiger charge is -2.44. The highest BCUT2D eigenvalue weighted by atomic mass is 32.1. The first-order valence-electron chi connectivity index (χ1n) is 18.1. The minimum absolute atomic E-state index is 0.103. The number of rotatable bonds is 11. The molecule has 9 heteroatoms. The minimum atomic E-state index is -2.90. The number of fused-ring (bicyclic) bond motifs is 3. The van der Waals surface area contributed by atoms with E-state index in [0.717, 1.165) is 21.6 Å². The minimum Gasteiger partial charge on any atom is -0.505 e. The number of hydrogen-bond donors (Lipinski definition) is 1. The van der Waals surface area contributed by atoms with E-state index in [-0.39, 0.29) is 34.6 Å². The normalized spacial score (nSPS) is 22.2. The molecular weight excluding hydrogens is 690 g/mol. The van der Waals surface area contributed by atoms with Crippen molar-refractivity contribution in [3.63, 3.8) is 0 Å². The number of benzene rings is 3. The standard InChI is InChI=1S/C43H46FNO5SSi/c1-28(22-29-18-19-37(46)36(44)23-29)17-20-38-39-30(24-34-40(35(39)27-49-38)42(48)45(41(34)47)25-31-12-11-21-51-31)26-50-52(43(2,3)4,32-13-7-5-8-14-32)33-15-9-6-10-16-33/h5-16,18-19,21-23,34-35,38,40,46H,17,20,24-27H2,1-4H3/b28-22+/t34-,35+,38-,40-/m1/s1. The molecular formula is C43H46FNO5SSi. The Kier molecular flexibility index (Phi) is 10.2. The molecule has 4 aromatic rings. The van der Waals surface area contributed by atoms with Crippen molar-refractivity contribution in [1.82, 2.24) is 4.90 Å². The third kappa shape index (κ3) is 6.75. The maximum absolute atomic E-state index is 14.1. The first kappa shape index (κ1) is 36.2. The van der Waals surface area contributed by atoms with Gasteiger partial charge in [-0.25, -0.2) is 4.39 Å². The van der Waals surface area contributed by atoms with E-state index in [9.17, 15) is 19.1 Å². The summed E-state index contributed by atoms with van der Waals surface area (Å²) in [5.41, 5.74) is 3.91. The summed E-state index contributed by atoms with van der Waals surface area (Å²) in [6, 6.07) is 29.4. The van der Waals surface area contributed by atoms with Crippen molar-refractivity contribution in [2.24, 2.45) is 17.8 Å². The molecule has 2 aliphatic heterocycles. The Bertz CT molecular complexity index is 1950. The van der Waals surface area contributed by atoms with Gasteiger partial charge in [-0.15, -0.1) is 11.3 Å². The Labute approximate surface area is 310 Å². The van der Waals surface area contributed by atoms with Crippen molar-refractivity contribution >= 4 is 47.9 Å². The molecule has 0 unspecified atom stereocenters. The van der Waals surface area contributed by atoms with Gasteiger partial charge in [0.05, 0.1) is 37.7 Å². The van der Waals surface area contributed by atoms with Crippen LogP contribution in [-0.2, 0) is 25.3 Å². The number of carbonyl (C=O) groups excluding carboxylic acids is 2. The second kappa shape index (κ2) is 14.7. The molecule has 0 saturated carbocycles. The van der Waals surface area contributed by atoms with Gasteiger partial charge < -0.3 is 14.3 Å². The van der Waals surface area contributed by atoms with Gasteiger partial charge in [0.2, 0.25) is 11.8 Å². The molecule has 2 amide bonds. The van der Waals surface area contributed by atoms with Crippen LogP contribution in [0.4, 0.5) is 4.39 Å². The molecule has 3 aliphatic rings. The molecule has 0 radical (unpaired) electrons. The fourth-order valence-electron chi connectivity index (χ4n) is 8.67. The second-order valence-electron chi connectivity index (χ2n) is 15.4. The van der Waals surface area contributed by atoms with E-state index in [0.29, 0.717) is 44.6 Å². The van der Waals surface area contributed by atoms with E-state index in [2.05, 4.69) is 69.3 Å². The Hall–Kier alpha value is -4.15. The van der Waals surface area contributed by atoms with E-state index in [4.69, 9.17) is 9.16 Å². The third-order valence-corrected chi connectivity index (χ3v) is 16.9. The quantitative estimate of drug-likeness (QED) is 0.0965. The van der Waals surface area contributed by atoms with Crippen LogP contribution in [0.25, 0.3) is 6.08 Å². The number of carbonyl (C=O) groups is 2. The molecule has 1 aliphatic carbocycles. The molecule has 270 valence electrons. The predicted molar refractivity (Wildman–Crippen MR) is 206 cm³/mol. The van der Waals surface area contributed by atoms with Crippen LogP contribution < -0.4 is 10.4 Å². The van der Waals surface area contributed by atoms with E-state index in [1.807, 2.05) is 42.6 Å². The number of phenols is 1. The molecule has 7 rings (SSSR count). The van der Waals surface area contributed by atoms with Crippen molar-refractivity contribution in [1.29, 1.82) is 0 Å². The monoisotopic (exact) mass is 735 g/mol. The lowest BCUT2D eigenvalue weighted by atomic mass is 9.69. The summed E-state index contributed by atoms with van der Waals surface area (Å²) in [4.78, 5) is 30.7. The van der Waals surface area contributed by atoms with Gasteiger partial charge in [-0.1, -0.05) is 105 Å². The summed E-state index contributed by atoms with van der Waals surface area (Å²) in [5.74, 6) is -2.35. The van der Waals surface area contributed by atoms with Crippen molar-refractivity contribution in [2.45, 2.75) is 64.6 Å². The van der Waals surface area contributed by atoms with Crippen molar-refractivity contribution < 1.29 is 28.2 Å². The van der Waals surface area contributed by atoms with Crippen LogP contribution in [0.15, 0.2) is 113 Å². The first-order chi connectivity index (χ1) is 25.0. The summed E-state index contributed by atoms with van der Waals surface area (Å²) >= 11 is 1.55. The molecule has 3 heterocycles. The third-order valence-electron chi connectivity index (χ3n) is 11.1. The number of imide groups is 1. The topological polar surface area (TPSA) is 76.1 Å². The number of thiophene rings is 1. The van der Waals surface area contributed by atoms with Crippen LogP contribution in [-0.4, -0.2) is 49.5 Å². The average molecular weight is 736 g/mol. The molecule has 2 saturated heterocycles. The van der Waals surface area contributed by atoms with Gasteiger partial charge in [-0.05, 0) is 81.9 Å². The van der Waals surface area contributed by atoms with Crippen LogP contribution in [0.1, 0.15) is 57.4 Å². The Morgan fingerprint density at radius 2 is 1.67 bits per heavy atom. The number of allylic oxidation sites excluding steroid dienone is 1. The number of likely N-dealkylation sites (tertiary alicyclic amines) is 1. The van der Waals surface area contributed by atoms with Crippen LogP contribution in [0, 0.1) is 23.6 Å². The van der Waals surface area contributed by atoms with E-state index in [1.54, 1.807) is 17.4 Å². The molecule has 0 bridgehead atoms. The maximum Gasteiger partial charge on any atom is 0.261 e. The molecule has 4 atom stereocenters. The Balaban J connectivity index is 1.24. The second-order valence-corrected chi connectivity index (χ2v) is 20.7. The summed E-state index contributed by atoms with van der Waals surface area (Å²) in [7, 11) is -2.90. The zero-order chi connectivity index (χ0) is 36.6. The van der Waals surface area contributed by atoms with Crippen molar-refractivity contribution in [3.05, 3.63) is 129 Å². The number of halogens is 1. The summed E-state index contributed by atoms with van der Waals surface area (Å²) in [6.07, 6.45) is 3.52. The Morgan fingerprint density at radius 1 is 0.981 bits per heavy atom. The Morgan fingerprint density at radius 3 is 2.29 bits per heavy atom. The number of phenolic OH excluding ortho intramolecular Hbond substituents is 1. The van der Waals surface area contributed by atoms with Gasteiger partial charge in [0, 0.05) is 10.8 Å². The van der Waals surface area contributed by atoms with Gasteiger partial charge in [0.1, 0.15) is 0 Å². The molecule has 6 nitrogen and oxygen atoms in total. The molecule has 0 spiro atoms. The average Bonchev–Trinajstić information content (AvgIpc) is 3.86. The van der Waals surface area contributed by atoms with Gasteiger partial charge in [0.25, 0.3) is 8.32 Å². The maximum atomic E-state index is 14.1. The number of aromatic hydroxyl groups is 1. The van der Waals surface area contributed by atoms with Gasteiger partial charge in [-0.3, -0.25) is 14.5 Å². The smallest absolute Gasteiger partial charge is 0.261 e. The molecule has 1 N–H and O–H groups in total. The number of amides is 2. The van der Waals surface area contributed by atoms with Crippen LogP contribution >= 0.6 is 11.3 Å². The zero-order valence-electron chi connectivity index (χ0n) is 30.2. The lowest BCUT2D eigenvalue weighted by molar-refractivity contribution is -0.140.